The van der Waals surface area contributed by atoms with Crippen molar-refractivity contribution in [2.75, 3.05) is 4.90 Å². The maximum Gasteiger partial charge on any atom is 0.301 e. The lowest BCUT2D eigenvalue weighted by Crippen LogP contribution is -2.29. The number of carbonyl (C=O) groups is 2. The van der Waals surface area contributed by atoms with E-state index in [4.69, 9.17) is 11.6 Å². The molecule has 1 aliphatic rings. The zero-order valence-electron chi connectivity index (χ0n) is 22.6. The Morgan fingerprint density at radius 1 is 1.09 bits per heavy atom. The highest BCUT2D eigenvalue weighted by Gasteiger charge is 2.49. The largest absolute Gasteiger partial charge is 0.505 e. The predicted molar refractivity (Wildman–Crippen MR) is 163 cm³/mol. The third-order valence-electron chi connectivity index (χ3n) is 7.08. The van der Waals surface area contributed by atoms with Crippen molar-refractivity contribution in [2.45, 2.75) is 30.0 Å². The number of benzene rings is 2. The first-order valence-electron chi connectivity index (χ1n) is 12.9. The first-order valence-corrected chi connectivity index (χ1v) is 15.0. The molecule has 1 atom stereocenters. The molecule has 1 saturated heterocycles. The molecule has 0 saturated carbocycles. The van der Waals surface area contributed by atoms with Crippen molar-refractivity contribution in [1.29, 1.82) is 0 Å². The number of nitro groups is 1. The standard InChI is InChI=1S/C29H21ClN6O5S2/c1-15-6-5-13-34-16(2)22(31-26(15)34)24(37)21-23(17-9-11-19(12-10-17)36(40)41)35(27(39)25(21)38)28-32-33-29(43-28)42-14-18-7-3-4-8-20(18)30/h3-13,23,37H,14H2,1-2H3/b24-21+. The van der Waals surface area contributed by atoms with Gasteiger partial charge < -0.3 is 9.51 Å². The molecule has 0 spiro atoms. The number of rotatable bonds is 7. The van der Waals surface area contributed by atoms with Gasteiger partial charge in [-0.15, -0.1) is 10.2 Å². The van der Waals surface area contributed by atoms with Crippen LogP contribution in [-0.4, -0.2) is 41.3 Å². The number of nitrogens with zero attached hydrogens (tertiary/aromatic N) is 6. The Kier molecular flexibility index (Phi) is 7.46. The fraction of sp³-hybridized carbons (Fsp3) is 0.138. The van der Waals surface area contributed by atoms with Crippen LogP contribution in [0.15, 0.2) is 76.8 Å². The number of hydrogen-bond donors (Lipinski definition) is 1. The number of imidazole rings is 1. The van der Waals surface area contributed by atoms with Crippen LogP contribution in [0.4, 0.5) is 10.8 Å². The highest BCUT2D eigenvalue weighted by atomic mass is 35.5. The minimum atomic E-state index is -1.14. The molecule has 1 aliphatic heterocycles. The van der Waals surface area contributed by atoms with E-state index in [0.29, 0.717) is 32.0 Å². The van der Waals surface area contributed by atoms with Crippen molar-refractivity contribution in [3.8, 4) is 0 Å². The van der Waals surface area contributed by atoms with Crippen molar-refractivity contribution in [3.63, 3.8) is 0 Å². The number of ketones is 1. The second kappa shape index (κ2) is 11.2. The molecule has 6 rings (SSSR count). The molecule has 14 heteroatoms. The molecule has 0 bridgehead atoms. The molecular weight excluding hydrogens is 612 g/mol. The molecule has 0 aliphatic carbocycles. The number of fused-ring (bicyclic) bond motifs is 1. The molecule has 4 heterocycles. The number of aryl methyl sites for hydroxylation is 2. The molecule has 1 unspecified atom stereocenters. The van der Waals surface area contributed by atoms with Crippen LogP contribution in [0.25, 0.3) is 11.4 Å². The van der Waals surface area contributed by atoms with Crippen molar-refractivity contribution in [2.24, 2.45) is 0 Å². The van der Waals surface area contributed by atoms with Crippen molar-refractivity contribution in [1.82, 2.24) is 19.6 Å². The molecule has 1 amide bonds. The molecule has 43 heavy (non-hydrogen) atoms. The summed E-state index contributed by atoms with van der Waals surface area (Å²) in [4.78, 5) is 43.7. The summed E-state index contributed by atoms with van der Waals surface area (Å²) in [5, 5.41) is 32.1. The van der Waals surface area contributed by atoms with Gasteiger partial charge in [0.2, 0.25) is 5.13 Å². The zero-order valence-corrected chi connectivity index (χ0v) is 25.0. The summed E-state index contributed by atoms with van der Waals surface area (Å²) in [5.74, 6) is -1.80. The summed E-state index contributed by atoms with van der Waals surface area (Å²) in [5.41, 5.74) is 3.05. The fourth-order valence-corrected chi connectivity index (χ4v) is 7.06. The molecule has 1 N–H and O–H groups in total. The SMILES string of the molecule is Cc1cccn2c(C)c(/C(O)=C3\C(=O)C(=O)N(c4nnc(SCc5ccccc5Cl)s4)C3c3ccc([N+](=O)[O-])cc3)nc12. The third kappa shape index (κ3) is 5.05. The zero-order chi connectivity index (χ0) is 30.4. The number of non-ortho nitro benzene ring substituents is 1. The first-order chi connectivity index (χ1) is 20.7. The lowest BCUT2D eigenvalue weighted by molar-refractivity contribution is -0.384. The van der Waals surface area contributed by atoms with Crippen LogP contribution >= 0.6 is 34.7 Å². The van der Waals surface area contributed by atoms with Crippen LogP contribution in [0.2, 0.25) is 5.02 Å². The Hall–Kier alpha value is -4.59. The number of Topliss-reactive ketones (excluding diaryl/α,β-unsaturated/α-hetero) is 1. The molecule has 2 aromatic carbocycles. The van der Waals surface area contributed by atoms with Crippen LogP contribution in [0.1, 0.15) is 34.1 Å². The third-order valence-corrected chi connectivity index (χ3v) is 9.56. The van der Waals surface area contributed by atoms with E-state index in [-0.39, 0.29) is 22.1 Å². The number of aliphatic hydroxyl groups is 1. The molecule has 216 valence electrons. The molecule has 5 aromatic rings. The van der Waals surface area contributed by atoms with Gasteiger partial charge in [0, 0.05) is 29.1 Å². The number of aromatic nitrogens is 4. The number of aliphatic hydroxyl groups excluding tert-OH is 1. The lowest BCUT2D eigenvalue weighted by Gasteiger charge is -2.22. The quantitative estimate of drug-likeness (QED) is 0.0417. The molecule has 0 radical (unpaired) electrons. The average molecular weight is 633 g/mol. The fourth-order valence-electron chi connectivity index (χ4n) is 4.91. The van der Waals surface area contributed by atoms with E-state index in [0.717, 1.165) is 22.5 Å². The van der Waals surface area contributed by atoms with Crippen LogP contribution in [0, 0.1) is 24.0 Å². The van der Waals surface area contributed by atoms with Crippen LogP contribution < -0.4 is 4.90 Å². The summed E-state index contributed by atoms with van der Waals surface area (Å²) in [6.45, 7) is 3.62. The van der Waals surface area contributed by atoms with E-state index >= 15 is 0 Å². The number of pyridine rings is 1. The minimum Gasteiger partial charge on any atom is -0.505 e. The number of amides is 1. The Bertz CT molecular complexity index is 1970. The number of halogens is 1. The normalized spacial score (nSPS) is 16.3. The van der Waals surface area contributed by atoms with E-state index in [1.165, 1.54) is 40.9 Å². The second-order valence-electron chi connectivity index (χ2n) is 9.68. The van der Waals surface area contributed by atoms with Gasteiger partial charge in [-0.3, -0.25) is 24.6 Å². The topological polar surface area (TPSA) is 144 Å². The Morgan fingerprint density at radius 2 is 1.84 bits per heavy atom. The molecule has 11 nitrogen and oxygen atoms in total. The van der Waals surface area contributed by atoms with Gasteiger partial charge in [0.25, 0.3) is 11.5 Å². The van der Waals surface area contributed by atoms with Gasteiger partial charge in [0.05, 0.1) is 22.2 Å². The van der Waals surface area contributed by atoms with Crippen LogP contribution in [0.5, 0.6) is 0 Å². The van der Waals surface area contributed by atoms with Gasteiger partial charge in [-0.05, 0) is 54.8 Å². The summed E-state index contributed by atoms with van der Waals surface area (Å²) in [7, 11) is 0. The van der Waals surface area contributed by atoms with E-state index in [1.54, 1.807) is 23.6 Å². The van der Waals surface area contributed by atoms with Gasteiger partial charge in [-0.25, -0.2) is 4.98 Å². The van der Waals surface area contributed by atoms with Gasteiger partial charge >= 0.3 is 5.91 Å². The van der Waals surface area contributed by atoms with E-state index in [9.17, 15) is 24.8 Å². The Morgan fingerprint density at radius 3 is 2.53 bits per heavy atom. The van der Waals surface area contributed by atoms with Gasteiger partial charge in [0.15, 0.2) is 10.1 Å². The smallest absolute Gasteiger partial charge is 0.301 e. The van der Waals surface area contributed by atoms with Crippen LogP contribution in [-0.2, 0) is 15.3 Å². The van der Waals surface area contributed by atoms with Gasteiger partial charge in [0.1, 0.15) is 11.3 Å². The number of thioether (sulfide) groups is 1. The summed E-state index contributed by atoms with van der Waals surface area (Å²) >= 11 is 8.75. The van der Waals surface area contributed by atoms with Crippen molar-refractivity contribution in [3.05, 3.63) is 116 Å². The number of nitro benzene ring substituents is 1. The maximum atomic E-state index is 13.6. The van der Waals surface area contributed by atoms with E-state index in [2.05, 4.69) is 15.2 Å². The Labute approximate surface area is 257 Å². The minimum absolute atomic E-state index is 0.133. The first kappa shape index (κ1) is 28.5. The number of carbonyl (C=O) groups excluding carboxylic acids is 2. The van der Waals surface area contributed by atoms with Crippen molar-refractivity contribution < 1.29 is 19.6 Å². The van der Waals surface area contributed by atoms with E-state index < -0.39 is 28.4 Å². The summed E-state index contributed by atoms with van der Waals surface area (Å²) in [6.07, 6.45) is 1.79. The summed E-state index contributed by atoms with van der Waals surface area (Å²) < 4.78 is 2.32. The van der Waals surface area contributed by atoms with Gasteiger partial charge in [-0.2, -0.15) is 0 Å². The molecular formula is C29H21ClN6O5S2. The van der Waals surface area contributed by atoms with Crippen molar-refractivity contribution >= 4 is 68.6 Å². The number of anilines is 1. The highest BCUT2D eigenvalue weighted by Crippen LogP contribution is 2.44. The maximum absolute atomic E-state index is 13.6. The summed E-state index contributed by atoms with van der Waals surface area (Å²) in [6, 6.07) is 15.4. The second-order valence-corrected chi connectivity index (χ2v) is 12.3. The van der Waals surface area contributed by atoms with Gasteiger partial charge in [-0.1, -0.05) is 59.0 Å². The predicted octanol–water partition coefficient (Wildman–Crippen LogP) is 6.28. The number of hydrogen-bond acceptors (Lipinski definition) is 10. The lowest BCUT2D eigenvalue weighted by atomic mass is 9.96. The average Bonchev–Trinajstić information content (AvgIpc) is 3.67. The van der Waals surface area contributed by atoms with Crippen LogP contribution in [0.3, 0.4) is 0 Å². The highest BCUT2D eigenvalue weighted by molar-refractivity contribution is 8.00. The monoisotopic (exact) mass is 632 g/mol. The molecule has 1 fully saturated rings. The van der Waals surface area contributed by atoms with E-state index in [1.807, 2.05) is 37.3 Å². The Balaban J connectivity index is 1.45. The molecule has 3 aromatic heterocycles.